The molecule has 0 saturated carbocycles. The van der Waals surface area contributed by atoms with Gasteiger partial charge in [-0.05, 0) is 12.5 Å². The van der Waals surface area contributed by atoms with E-state index in [1.807, 2.05) is 19.1 Å². The van der Waals surface area contributed by atoms with Crippen molar-refractivity contribution in [3.05, 3.63) is 23.9 Å². The van der Waals surface area contributed by atoms with E-state index in [0.717, 1.165) is 12.8 Å². The molecule has 0 bridgehead atoms. The van der Waals surface area contributed by atoms with Crippen molar-refractivity contribution in [2.45, 2.75) is 25.9 Å². The van der Waals surface area contributed by atoms with Crippen LogP contribution < -0.4 is 4.74 Å². The molecule has 3 nitrogen and oxygen atoms in total. The number of pyridine rings is 1. The summed E-state index contributed by atoms with van der Waals surface area (Å²) in [5, 5.41) is 9.62. The van der Waals surface area contributed by atoms with E-state index < -0.39 is 6.10 Å². The lowest BCUT2D eigenvalue weighted by molar-refractivity contribution is 0.160. The highest BCUT2D eigenvalue weighted by Crippen LogP contribution is 2.18. The van der Waals surface area contributed by atoms with Gasteiger partial charge in [0.05, 0.1) is 18.9 Å². The molecule has 0 amide bonds. The average molecular weight is 181 g/mol. The van der Waals surface area contributed by atoms with Crippen LogP contribution in [0.3, 0.4) is 0 Å². The maximum absolute atomic E-state index is 9.62. The lowest BCUT2D eigenvalue weighted by Gasteiger charge is -2.09. The molecule has 13 heavy (non-hydrogen) atoms. The molecule has 3 heteroatoms. The van der Waals surface area contributed by atoms with Crippen molar-refractivity contribution in [2.24, 2.45) is 0 Å². The minimum Gasteiger partial charge on any atom is -0.481 e. The first-order valence-electron chi connectivity index (χ1n) is 4.47. The van der Waals surface area contributed by atoms with Crippen LogP contribution >= 0.6 is 0 Å². The molecule has 0 aromatic carbocycles. The zero-order chi connectivity index (χ0) is 9.68. The third-order valence-corrected chi connectivity index (χ3v) is 1.86. The van der Waals surface area contributed by atoms with Gasteiger partial charge < -0.3 is 9.84 Å². The summed E-state index contributed by atoms with van der Waals surface area (Å²) in [5.41, 5.74) is 0.682. The zero-order valence-electron chi connectivity index (χ0n) is 8.03. The SMILES string of the molecule is CCCC(O)c1cccc(OC)n1. The summed E-state index contributed by atoms with van der Waals surface area (Å²) >= 11 is 0. The molecule has 0 aliphatic carbocycles. The predicted molar refractivity (Wildman–Crippen MR) is 50.7 cm³/mol. The maximum atomic E-state index is 9.62. The number of methoxy groups -OCH3 is 1. The van der Waals surface area contributed by atoms with Crippen molar-refractivity contribution in [2.75, 3.05) is 7.11 Å². The standard InChI is InChI=1S/C10H15NO2/c1-3-5-9(12)8-6-4-7-10(11-8)13-2/h4,6-7,9,12H,3,5H2,1-2H3. The molecule has 1 unspecified atom stereocenters. The highest BCUT2D eigenvalue weighted by atomic mass is 16.5. The quantitative estimate of drug-likeness (QED) is 0.771. The molecule has 1 atom stereocenters. The number of ether oxygens (including phenoxy) is 1. The van der Waals surface area contributed by atoms with Gasteiger partial charge in [-0.15, -0.1) is 0 Å². The van der Waals surface area contributed by atoms with Crippen LogP contribution in [0.15, 0.2) is 18.2 Å². The number of aliphatic hydroxyl groups excluding tert-OH is 1. The average Bonchev–Trinajstić information content (AvgIpc) is 2.18. The molecule has 1 rings (SSSR count). The number of aliphatic hydroxyl groups is 1. The van der Waals surface area contributed by atoms with Crippen LogP contribution in [0.4, 0.5) is 0 Å². The lowest BCUT2D eigenvalue weighted by atomic mass is 10.1. The van der Waals surface area contributed by atoms with E-state index in [1.54, 1.807) is 13.2 Å². The van der Waals surface area contributed by atoms with Gasteiger partial charge in [0.2, 0.25) is 5.88 Å². The molecular formula is C10H15NO2. The first-order chi connectivity index (χ1) is 6.27. The summed E-state index contributed by atoms with van der Waals surface area (Å²) < 4.78 is 4.96. The number of nitrogens with zero attached hydrogens (tertiary/aromatic N) is 1. The van der Waals surface area contributed by atoms with Crippen LogP contribution in [-0.2, 0) is 0 Å². The molecule has 1 heterocycles. The Bertz CT molecular complexity index is 263. The van der Waals surface area contributed by atoms with Crippen molar-refractivity contribution >= 4 is 0 Å². The Hall–Kier alpha value is -1.09. The van der Waals surface area contributed by atoms with Gasteiger partial charge in [-0.2, -0.15) is 0 Å². The fraction of sp³-hybridized carbons (Fsp3) is 0.500. The number of rotatable bonds is 4. The third kappa shape index (κ3) is 2.70. The second kappa shape index (κ2) is 4.82. The second-order valence-corrected chi connectivity index (χ2v) is 2.91. The van der Waals surface area contributed by atoms with E-state index in [-0.39, 0.29) is 0 Å². The molecule has 1 N–H and O–H groups in total. The van der Waals surface area contributed by atoms with E-state index in [4.69, 9.17) is 4.74 Å². The molecule has 0 radical (unpaired) electrons. The zero-order valence-corrected chi connectivity index (χ0v) is 8.03. The Balaban J connectivity index is 2.75. The Kier molecular flexibility index (Phi) is 3.71. The molecule has 0 fully saturated rings. The molecule has 0 aliphatic rings. The number of aromatic nitrogens is 1. The molecule has 0 spiro atoms. The fourth-order valence-corrected chi connectivity index (χ4v) is 1.15. The lowest BCUT2D eigenvalue weighted by Crippen LogP contribution is -2.00. The Morgan fingerprint density at radius 3 is 2.92 bits per heavy atom. The minimum atomic E-state index is -0.472. The summed E-state index contributed by atoms with van der Waals surface area (Å²) in [6, 6.07) is 5.41. The van der Waals surface area contributed by atoms with Crippen molar-refractivity contribution in [3.8, 4) is 5.88 Å². The molecule has 0 aliphatic heterocycles. The van der Waals surface area contributed by atoms with E-state index in [9.17, 15) is 5.11 Å². The minimum absolute atomic E-state index is 0.472. The van der Waals surface area contributed by atoms with Gasteiger partial charge in [0.1, 0.15) is 0 Å². The van der Waals surface area contributed by atoms with Crippen LogP contribution in [0, 0.1) is 0 Å². The summed E-state index contributed by atoms with van der Waals surface area (Å²) in [5.74, 6) is 0.549. The van der Waals surface area contributed by atoms with Gasteiger partial charge in [-0.3, -0.25) is 0 Å². The van der Waals surface area contributed by atoms with E-state index in [1.165, 1.54) is 0 Å². The summed E-state index contributed by atoms with van der Waals surface area (Å²) in [6.07, 6.45) is 1.21. The highest BCUT2D eigenvalue weighted by molar-refractivity contribution is 5.17. The summed E-state index contributed by atoms with van der Waals surface area (Å²) in [4.78, 5) is 4.14. The largest absolute Gasteiger partial charge is 0.481 e. The van der Waals surface area contributed by atoms with Crippen LogP contribution in [0.25, 0.3) is 0 Å². The van der Waals surface area contributed by atoms with E-state index >= 15 is 0 Å². The van der Waals surface area contributed by atoms with Crippen molar-refractivity contribution in [1.29, 1.82) is 0 Å². The first-order valence-corrected chi connectivity index (χ1v) is 4.47. The number of hydrogen-bond acceptors (Lipinski definition) is 3. The molecule has 1 aromatic rings. The Morgan fingerprint density at radius 2 is 2.31 bits per heavy atom. The Labute approximate surface area is 78.4 Å². The topological polar surface area (TPSA) is 42.4 Å². The molecule has 1 aromatic heterocycles. The number of hydrogen-bond donors (Lipinski definition) is 1. The second-order valence-electron chi connectivity index (χ2n) is 2.91. The summed E-state index contributed by atoms with van der Waals surface area (Å²) in [6.45, 7) is 2.03. The van der Waals surface area contributed by atoms with E-state index in [2.05, 4.69) is 4.98 Å². The maximum Gasteiger partial charge on any atom is 0.213 e. The van der Waals surface area contributed by atoms with Crippen molar-refractivity contribution in [1.82, 2.24) is 4.98 Å². The third-order valence-electron chi connectivity index (χ3n) is 1.86. The van der Waals surface area contributed by atoms with Crippen LogP contribution in [0.2, 0.25) is 0 Å². The van der Waals surface area contributed by atoms with Crippen LogP contribution in [-0.4, -0.2) is 17.2 Å². The predicted octanol–water partition coefficient (Wildman–Crippen LogP) is 1.92. The van der Waals surface area contributed by atoms with Gasteiger partial charge in [-0.1, -0.05) is 19.4 Å². The van der Waals surface area contributed by atoms with Crippen molar-refractivity contribution in [3.63, 3.8) is 0 Å². The van der Waals surface area contributed by atoms with Gasteiger partial charge in [0.15, 0.2) is 0 Å². The van der Waals surface area contributed by atoms with Gasteiger partial charge in [-0.25, -0.2) is 4.98 Å². The molecular weight excluding hydrogens is 166 g/mol. The fourth-order valence-electron chi connectivity index (χ4n) is 1.15. The molecule has 72 valence electrons. The summed E-state index contributed by atoms with van der Waals surface area (Å²) in [7, 11) is 1.57. The van der Waals surface area contributed by atoms with Gasteiger partial charge in [0.25, 0.3) is 0 Å². The van der Waals surface area contributed by atoms with Crippen LogP contribution in [0.5, 0.6) is 5.88 Å². The smallest absolute Gasteiger partial charge is 0.213 e. The van der Waals surface area contributed by atoms with Gasteiger partial charge in [0, 0.05) is 6.07 Å². The van der Waals surface area contributed by atoms with E-state index in [0.29, 0.717) is 11.6 Å². The molecule has 0 saturated heterocycles. The first kappa shape index (κ1) is 9.99. The van der Waals surface area contributed by atoms with Crippen molar-refractivity contribution < 1.29 is 9.84 Å². The van der Waals surface area contributed by atoms with Gasteiger partial charge >= 0.3 is 0 Å². The Morgan fingerprint density at radius 1 is 1.54 bits per heavy atom. The normalized spacial score (nSPS) is 12.5. The highest BCUT2D eigenvalue weighted by Gasteiger charge is 2.07. The monoisotopic (exact) mass is 181 g/mol. The van der Waals surface area contributed by atoms with Crippen LogP contribution in [0.1, 0.15) is 31.6 Å².